The van der Waals surface area contributed by atoms with Gasteiger partial charge in [-0.05, 0) is 43.0 Å². The number of thiocarbonyl (C=S) groups is 1. The molecule has 26 heavy (non-hydrogen) atoms. The summed E-state index contributed by atoms with van der Waals surface area (Å²) < 4.78 is 0. The van der Waals surface area contributed by atoms with Crippen LogP contribution in [0.3, 0.4) is 0 Å². The highest BCUT2D eigenvalue weighted by atomic mass is 32.1. The number of benzene rings is 1. The molecule has 1 aliphatic heterocycles. The molecule has 0 amide bonds. The number of nitrogens with zero attached hydrogens (tertiary/aromatic N) is 3. The summed E-state index contributed by atoms with van der Waals surface area (Å²) in [7, 11) is 0. The number of hydrogen-bond donors (Lipinski definition) is 2. The number of aryl methyl sites for hydroxylation is 1. The van der Waals surface area contributed by atoms with Crippen molar-refractivity contribution in [3.63, 3.8) is 0 Å². The molecule has 1 aromatic carbocycles. The van der Waals surface area contributed by atoms with Gasteiger partial charge in [-0.3, -0.25) is 0 Å². The molecule has 2 aromatic rings. The van der Waals surface area contributed by atoms with Crippen molar-refractivity contribution < 1.29 is 0 Å². The predicted octanol–water partition coefficient (Wildman–Crippen LogP) is 3.75. The Kier molecular flexibility index (Phi) is 6.04. The topological polar surface area (TPSA) is 53.1 Å². The molecule has 3 rings (SSSR count). The van der Waals surface area contributed by atoms with Crippen molar-refractivity contribution in [3.8, 4) is 0 Å². The first-order valence-electron chi connectivity index (χ1n) is 9.19. The molecule has 1 aromatic heterocycles. The number of hydrogen-bond acceptors (Lipinski definition) is 4. The largest absolute Gasteiger partial charge is 0.358 e. The third-order valence-electron chi connectivity index (χ3n) is 4.55. The second-order valence-corrected chi connectivity index (χ2v) is 7.74. The SMILES string of the molecule is Cc1cc(N2C[C@H](C)C[C@H](C)C2)nc(NC(=S)NCc2ccccc2)n1. The van der Waals surface area contributed by atoms with E-state index < -0.39 is 0 Å². The monoisotopic (exact) mass is 369 g/mol. The van der Waals surface area contributed by atoms with Crippen molar-refractivity contribution in [2.24, 2.45) is 11.8 Å². The van der Waals surface area contributed by atoms with Crippen LogP contribution in [0.4, 0.5) is 11.8 Å². The highest BCUT2D eigenvalue weighted by Gasteiger charge is 2.23. The highest BCUT2D eigenvalue weighted by Crippen LogP contribution is 2.25. The van der Waals surface area contributed by atoms with Gasteiger partial charge in [-0.15, -0.1) is 0 Å². The van der Waals surface area contributed by atoms with E-state index in [9.17, 15) is 0 Å². The molecule has 0 bridgehead atoms. The molecule has 2 atom stereocenters. The van der Waals surface area contributed by atoms with E-state index in [4.69, 9.17) is 17.2 Å². The summed E-state index contributed by atoms with van der Waals surface area (Å²) in [5, 5.41) is 6.87. The predicted molar refractivity (Wildman–Crippen MR) is 111 cm³/mol. The van der Waals surface area contributed by atoms with Gasteiger partial charge >= 0.3 is 0 Å². The fourth-order valence-electron chi connectivity index (χ4n) is 3.54. The van der Waals surface area contributed by atoms with Crippen molar-refractivity contribution in [1.82, 2.24) is 15.3 Å². The summed E-state index contributed by atoms with van der Waals surface area (Å²) in [5.74, 6) is 2.89. The maximum absolute atomic E-state index is 5.40. The second-order valence-electron chi connectivity index (χ2n) is 7.34. The minimum absolute atomic E-state index is 0.533. The van der Waals surface area contributed by atoms with Crippen LogP contribution in [0.15, 0.2) is 36.4 Å². The Morgan fingerprint density at radius 3 is 2.54 bits per heavy atom. The van der Waals surface area contributed by atoms with Gasteiger partial charge in [0.15, 0.2) is 5.11 Å². The van der Waals surface area contributed by atoms with Crippen molar-refractivity contribution >= 4 is 29.1 Å². The number of rotatable bonds is 4. The fourth-order valence-corrected chi connectivity index (χ4v) is 3.71. The molecule has 0 spiro atoms. The first kappa shape index (κ1) is 18.6. The van der Waals surface area contributed by atoms with Gasteiger partial charge in [-0.1, -0.05) is 44.2 Å². The molecule has 0 saturated carbocycles. The molecule has 0 radical (unpaired) electrons. The number of nitrogens with one attached hydrogen (secondary N) is 2. The van der Waals surface area contributed by atoms with Crippen LogP contribution < -0.4 is 15.5 Å². The molecule has 0 unspecified atom stereocenters. The Balaban J connectivity index is 1.64. The van der Waals surface area contributed by atoms with Crippen LogP contribution in [-0.2, 0) is 6.54 Å². The molecule has 2 N–H and O–H groups in total. The van der Waals surface area contributed by atoms with Crippen LogP contribution in [0.1, 0.15) is 31.5 Å². The summed E-state index contributed by atoms with van der Waals surface area (Å²) in [6.45, 7) is 9.35. The van der Waals surface area contributed by atoms with Gasteiger partial charge in [-0.25, -0.2) is 4.98 Å². The smallest absolute Gasteiger partial charge is 0.231 e. The van der Waals surface area contributed by atoms with Crippen LogP contribution in [-0.4, -0.2) is 28.2 Å². The van der Waals surface area contributed by atoms with Crippen molar-refractivity contribution in [2.45, 2.75) is 33.7 Å². The Labute approximate surface area is 161 Å². The molecule has 1 aliphatic rings. The average Bonchev–Trinajstić information content (AvgIpc) is 2.59. The van der Waals surface area contributed by atoms with E-state index in [0.717, 1.165) is 24.6 Å². The number of aromatic nitrogens is 2. The van der Waals surface area contributed by atoms with Crippen LogP contribution in [0, 0.1) is 18.8 Å². The summed E-state index contributed by atoms with van der Waals surface area (Å²) in [6.07, 6.45) is 1.28. The van der Waals surface area contributed by atoms with Gasteiger partial charge in [0, 0.05) is 31.4 Å². The minimum atomic E-state index is 0.533. The van der Waals surface area contributed by atoms with Gasteiger partial charge in [0.25, 0.3) is 0 Å². The lowest BCUT2D eigenvalue weighted by Gasteiger charge is -2.36. The van der Waals surface area contributed by atoms with E-state index in [0.29, 0.717) is 29.4 Å². The molecular weight excluding hydrogens is 342 g/mol. The quantitative estimate of drug-likeness (QED) is 0.801. The van der Waals surface area contributed by atoms with E-state index in [2.05, 4.69) is 52.6 Å². The Bertz CT molecular complexity index is 739. The molecule has 5 nitrogen and oxygen atoms in total. The molecule has 0 aliphatic carbocycles. The molecule has 1 fully saturated rings. The Morgan fingerprint density at radius 1 is 1.15 bits per heavy atom. The summed E-state index contributed by atoms with van der Waals surface area (Å²) in [5.41, 5.74) is 2.12. The zero-order valence-electron chi connectivity index (χ0n) is 15.7. The third kappa shape index (κ3) is 5.14. The minimum Gasteiger partial charge on any atom is -0.358 e. The fraction of sp³-hybridized carbons (Fsp3) is 0.450. The Morgan fingerprint density at radius 2 is 1.85 bits per heavy atom. The molecule has 2 heterocycles. The average molecular weight is 370 g/mol. The standard InChI is InChI=1S/C20H27N5S/c1-14-9-15(2)13-25(12-14)18-10-16(3)22-19(23-18)24-20(26)21-11-17-7-5-4-6-8-17/h4-8,10,14-15H,9,11-13H2,1-3H3,(H2,21,22,23,24,26)/t14-,15+. The van der Waals surface area contributed by atoms with Crippen molar-refractivity contribution in [3.05, 3.63) is 47.7 Å². The molecule has 1 saturated heterocycles. The normalized spacial score (nSPS) is 19.9. The molecule has 138 valence electrons. The first-order chi connectivity index (χ1) is 12.5. The van der Waals surface area contributed by atoms with E-state index in [1.54, 1.807) is 0 Å². The third-order valence-corrected chi connectivity index (χ3v) is 4.80. The van der Waals surface area contributed by atoms with Gasteiger partial charge in [-0.2, -0.15) is 4.98 Å². The summed E-state index contributed by atoms with van der Waals surface area (Å²) in [6, 6.07) is 12.2. The first-order valence-corrected chi connectivity index (χ1v) is 9.60. The van der Waals surface area contributed by atoms with Crippen LogP contribution in [0.2, 0.25) is 0 Å². The zero-order chi connectivity index (χ0) is 18.5. The molecule has 6 heteroatoms. The lowest BCUT2D eigenvalue weighted by molar-refractivity contribution is 0.355. The summed E-state index contributed by atoms with van der Waals surface area (Å²) >= 11 is 5.40. The van der Waals surface area contributed by atoms with E-state index in [-0.39, 0.29) is 0 Å². The summed E-state index contributed by atoms with van der Waals surface area (Å²) in [4.78, 5) is 11.5. The second kappa shape index (κ2) is 8.45. The van der Waals surface area contributed by atoms with E-state index in [1.165, 1.54) is 12.0 Å². The van der Waals surface area contributed by atoms with Crippen LogP contribution in [0.5, 0.6) is 0 Å². The van der Waals surface area contributed by atoms with Crippen LogP contribution in [0.25, 0.3) is 0 Å². The highest BCUT2D eigenvalue weighted by molar-refractivity contribution is 7.80. The van der Waals surface area contributed by atoms with E-state index >= 15 is 0 Å². The van der Waals surface area contributed by atoms with Crippen molar-refractivity contribution in [1.29, 1.82) is 0 Å². The van der Waals surface area contributed by atoms with Gasteiger partial charge in [0.2, 0.25) is 5.95 Å². The zero-order valence-corrected chi connectivity index (χ0v) is 16.5. The lowest BCUT2D eigenvalue weighted by atomic mass is 9.92. The van der Waals surface area contributed by atoms with Gasteiger partial charge in [0.1, 0.15) is 5.82 Å². The number of anilines is 2. The lowest BCUT2D eigenvalue weighted by Crippen LogP contribution is -2.39. The molecular formula is C20H27N5S. The van der Waals surface area contributed by atoms with Crippen molar-refractivity contribution in [2.75, 3.05) is 23.3 Å². The van der Waals surface area contributed by atoms with E-state index in [1.807, 2.05) is 25.1 Å². The maximum atomic E-state index is 5.40. The number of piperidine rings is 1. The maximum Gasteiger partial charge on any atom is 0.231 e. The van der Waals surface area contributed by atoms with Gasteiger partial charge in [0.05, 0.1) is 0 Å². The Hall–Kier alpha value is -2.21. The van der Waals surface area contributed by atoms with Gasteiger partial charge < -0.3 is 15.5 Å². The van der Waals surface area contributed by atoms with Crippen LogP contribution >= 0.6 is 12.2 Å².